The summed E-state index contributed by atoms with van der Waals surface area (Å²) in [5.41, 5.74) is 1.42. The normalized spacial score (nSPS) is 10.5. The number of carbonyl (C=O) groups is 2. The van der Waals surface area contributed by atoms with E-state index in [9.17, 15) is 9.59 Å². The minimum atomic E-state index is -0.488. The molecule has 3 N–H and O–H groups in total. The number of amides is 2. The zero-order chi connectivity index (χ0) is 16.1. The fourth-order valence-corrected chi connectivity index (χ4v) is 2.61. The maximum atomic E-state index is 12.2. The van der Waals surface area contributed by atoms with Gasteiger partial charge in [0.15, 0.2) is 0 Å². The van der Waals surface area contributed by atoms with Gasteiger partial charge in [-0.3, -0.25) is 4.79 Å². The van der Waals surface area contributed by atoms with Gasteiger partial charge in [-0.2, -0.15) is 0 Å². The third kappa shape index (κ3) is 4.01. The smallest absolute Gasteiger partial charge is 0.407 e. The van der Waals surface area contributed by atoms with Crippen molar-refractivity contribution in [2.45, 2.75) is 6.92 Å². The molecule has 0 bridgehead atoms. The van der Waals surface area contributed by atoms with E-state index in [1.54, 1.807) is 13.1 Å². The summed E-state index contributed by atoms with van der Waals surface area (Å²) in [6.45, 7) is 2.68. The Morgan fingerprint density at radius 2 is 1.86 bits per heavy atom. The Kier molecular flexibility index (Phi) is 5.84. The number of halogens is 2. The van der Waals surface area contributed by atoms with Gasteiger partial charge in [-0.25, -0.2) is 4.79 Å². The number of fused-ring (bicyclic) bond motifs is 1. The summed E-state index contributed by atoms with van der Waals surface area (Å²) in [5, 5.41) is 6.12. The molecule has 0 aliphatic carbocycles. The lowest BCUT2D eigenvalue weighted by Crippen LogP contribution is -2.34. The van der Waals surface area contributed by atoms with E-state index in [4.69, 9.17) is 4.74 Å². The van der Waals surface area contributed by atoms with Crippen molar-refractivity contribution in [2.24, 2.45) is 0 Å². The van der Waals surface area contributed by atoms with Gasteiger partial charge >= 0.3 is 6.09 Å². The number of aromatic amines is 1. The number of rotatable bonds is 5. The summed E-state index contributed by atoms with van der Waals surface area (Å²) >= 11 is 6.85. The van der Waals surface area contributed by atoms with E-state index in [1.807, 2.05) is 12.1 Å². The lowest BCUT2D eigenvalue weighted by molar-refractivity contribution is 0.0954. The molecule has 0 saturated carbocycles. The minimum Gasteiger partial charge on any atom is -0.450 e. The van der Waals surface area contributed by atoms with Crippen molar-refractivity contribution >= 4 is 54.8 Å². The summed E-state index contributed by atoms with van der Waals surface area (Å²) in [6.07, 6.45) is 1.18. The molecule has 0 aliphatic rings. The predicted octanol–water partition coefficient (Wildman–Crippen LogP) is 3.17. The molecule has 8 heteroatoms. The molecular formula is C14H15Br2N3O3. The topological polar surface area (TPSA) is 83.2 Å². The van der Waals surface area contributed by atoms with Crippen molar-refractivity contribution in [3.05, 3.63) is 32.8 Å². The Bertz CT molecular complexity index is 700. The van der Waals surface area contributed by atoms with Gasteiger partial charge in [0.05, 0.1) is 12.2 Å². The molecule has 1 heterocycles. The fourth-order valence-electron chi connectivity index (χ4n) is 1.92. The summed E-state index contributed by atoms with van der Waals surface area (Å²) in [4.78, 5) is 26.3. The third-order valence-corrected chi connectivity index (χ3v) is 4.77. The van der Waals surface area contributed by atoms with Crippen LogP contribution < -0.4 is 10.6 Å². The standard InChI is InChI=1S/C14H15Br2N3O3/c1-2-22-14(21)18-4-3-17-13(20)9-7-19-12-6-11(16)10(15)5-8(9)12/h5-7,19H,2-4H2,1H3,(H,17,20)(H,18,21). The number of alkyl carbamates (subject to hydrolysis) is 1. The van der Waals surface area contributed by atoms with Gasteiger partial charge in [0.1, 0.15) is 0 Å². The Labute approximate surface area is 144 Å². The van der Waals surface area contributed by atoms with Crippen LogP contribution in [0.3, 0.4) is 0 Å². The monoisotopic (exact) mass is 431 g/mol. The third-order valence-electron chi connectivity index (χ3n) is 2.92. The van der Waals surface area contributed by atoms with E-state index in [0.29, 0.717) is 25.3 Å². The molecular weight excluding hydrogens is 418 g/mol. The molecule has 0 unspecified atom stereocenters. The lowest BCUT2D eigenvalue weighted by atomic mass is 10.1. The average Bonchev–Trinajstić information content (AvgIpc) is 2.87. The highest BCUT2D eigenvalue weighted by atomic mass is 79.9. The zero-order valence-electron chi connectivity index (χ0n) is 11.8. The zero-order valence-corrected chi connectivity index (χ0v) is 15.0. The maximum Gasteiger partial charge on any atom is 0.407 e. The Balaban J connectivity index is 1.96. The van der Waals surface area contributed by atoms with Crippen LogP contribution in [0.15, 0.2) is 27.3 Å². The SMILES string of the molecule is CCOC(=O)NCCNC(=O)c1c[nH]c2cc(Br)c(Br)cc12. The summed E-state index contributed by atoms with van der Waals surface area (Å²) in [6, 6.07) is 3.78. The van der Waals surface area contributed by atoms with Crippen molar-refractivity contribution < 1.29 is 14.3 Å². The van der Waals surface area contributed by atoms with Crippen molar-refractivity contribution in [3.8, 4) is 0 Å². The molecule has 22 heavy (non-hydrogen) atoms. The molecule has 1 aromatic carbocycles. The average molecular weight is 433 g/mol. The Morgan fingerprint density at radius 1 is 1.18 bits per heavy atom. The van der Waals surface area contributed by atoms with Gasteiger partial charge in [-0.15, -0.1) is 0 Å². The van der Waals surface area contributed by atoms with Crippen LogP contribution in [-0.2, 0) is 4.74 Å². The van der Waals surface area contributed by atoms with Crippen LogP contribution in [0.25, 0.3) is 10.9 Å². The van der Waals surface area contributed by atoms with Crippen molar-refractivity contribution in [3.63, 3.8) is 0 Å². The molecule has 2 amide bonds. The number of aromatic nitrogens is 1. The van der Waals surface area contributed by atoms with Crippen molar-refractivity contribution in [1.29, 1.82) is 0 Å². The number of carbonyl (C=O) groups excluding carboxylic acids is 2. The van der Waals surface area contributed by atoms with E-state index in [-0.39, 0.29) is 5.91 Å². The van der Waals surface area contributed by atoms with Crippen LogP contribution in [-0.4, -0.2) is 36.7 Å². The first-order valence-electron chi connectivity index (χ1n) is 6.68. The van der Waals surface area contributed by atoms with Gasteiger partial charge < -0.3 is 20.4 Å². The fraction of sp³-hybridized carbons (Fsp3) is 0.286. The number of ether oxygens (including phenoxy) is 1. The first-order chi connectivity index (χ1) is 10.5. The van der Waals surface area contributed by atoms with Gasteiger partial charge in [0.25, 0.3) is 5.91 Å². The maximum absolute atomic E-state index is 12.2. The van der Waals surface area contributed by atoms with E-state index in [2.05, 4.69) is 47.5 Å². The van der Waals surface area contributed by atoms with Gasteiger partial charge in [-0.1, -0.05) is 0 Å². The van der Waals surface area contributed by atoms with Crippen molar-refractivity contribution in [1.82, 2.24) is 15.6 Å². The van der Waals surface area contributed by atoms with Crippen molar-refractivity contribution in [2.75, 3.05) is 19.7 Å². The molecule has 0 atom stereocenters. The summed E-state index contributed by atoms with van der Waals surface area (Å²) in [5.74, 6) is -0.203. The first-order valence-corrected chi connectivity index (χ1v) is 8.26. The molecule has 0 radical (unpaired) electrons. The second kappa shape index (κ2) is 7.64. The molecule has 1 aromatic heterocycles. The predicted molar refractivity (Wildman–Crippen MR) is 91.1 cm³/mol. The van der Waals surface area contributed by atoms with Crippen LogP contribution >= 0.6 is 31.9 Å². The summed E-state index contributed by atoms with van der Waals surface area (Å²) < 4.78 is 6.51. The molecule has 2 aromatic rings. The lowest BCUT2D eigenvalue weighted by Gasteiger charge is -2.06. The molecule has 0 saturated heterocycles. The number of benzene rings is 1. The van der Waals surface area contributed by atoms with E-state index in [1.165, 1.54) is 0 Å². The largest absolute Gasteiger partial charge is 0.450 e. The van der Waals surface area contributed by atoms with E-state index >= 15 is 0 Å². The van der Waals surface area contributed by atoms with Crippen LogP contribution in [0.5, 0.6) is 0 Å². The van der Waals surface area contributed by atoms with Gasteiger partial charge in [-0.05, 0) is 50.9 Å². The second-order valence-electron chi connectivity index (χ2n) is 4.42. The number of hydrogen-bond acceptors (Lipinski definition) is 3. The highest BCUT2D eigenvalue weighted by Crippen LogP contribution is 2.29. The number of H-pyrrole nitrogens is 1. The second-order valence-corrected chi connectivity index (χ2v) is 6.13. The molecule has 2 rings (SSSR count). The summed E-state index contributed by atoms with van der Waals surface area (Å²) in [7, 11) is 0. The van der Waals surface area contributed by atoms with Crippen LogP contribution in [0.4, 0.5) is 4.79 Å². The Morgan fingerprint density at radius 3 is 2.59 bits per heavy atom. The molecule has 0 fully saturated rings. The molecule has 0 aliphatic heterocycles. The quantitative estimate of drug-likeness (QED) is 0.634. The van der Waals surface area contributed by atoms with Crippen LogP contribution in [0.1, 0.15) is 17.3 Å². The number of hydrogen-bond donors (Lipinski definition) is 3. The van der Waals surface area contributed by atoms with Gasteiger partial charge in [0.2, 0.25) is 0 Å². The minimum absolute atomic E-state index is 0.203. The van der Waals surface area contributed by atoms with Crippen LogP contribution in [0.2, 0.25) is 0 Å². The molecule has 118 valence electrons. The first kappa shape index (κ1) is 16.8. The molecule has 6 nitrogen and oxygen atoms in total. The van der Waals surface area contributed by atoms with Gasteiger partial charge in [0, 0.05) is 39.1 Å². The van der Waals surface area contributed by atoms with E-state index in [0.717, 1.165) is 19.8 Å². The molecule has 0 spiro atoms. The number of nitrogens with one attached hydrogen (secondary N) is 3. The highest BCUT2D eigenvalue weighted by Gasteiger charge is 2.13. The highest BCUT2D eigenvalue weighted by molar-refractivity contribution is 9.13. The van der Waals surface area contributed by atoms with E-state index < -0.39 is 6.09 Å². The Hall–Kier alpha value is -1.54. The van der Waals surface area contributed by atoms with Crippen LogP contribution in [0, 0.1) is 0 Å².